The van der Waals surface area contributed by atoms with E-state index in [0.29, 0.717) is 0 Å². The van der Waals surface area contributed by atoms with Gasteiger partial charge in [0.05, 0.1) is 10.9 Å². The van der Waals surface area contributed by atoms with E-state index in [1.807, 2.05) is 19.9 Å². The molecule has 0 amide bonds. The van der Waals surface area contributed by atoms with E-state index in [0.717, 1.165) is 0 Å². The second-order valence-corrected chi connectivity index (χ2v) is 4.94. The number of aliphatic hydroxyl groups excluding tert-OH is 1. The van der Waals surface area contributed by atoms with Crippen molar-refractivity contribution in [1.82, 2.24) is 0 Å². The highest BCUT2D eigenvalue weighted by molar-refractivity contribution is 9.09. The van der Waals surface area contributed by atoms with Gasteiger partial charge in [-0.3, -0.25) is 0 Å². The SMILES string of the molecule is CC1(C)O[C@H]2[C@H](Br)[C@@H](O)C=C[C@H]2O1. The van der Waals surface area contributed by atoms with E-state index in [1.54, 1.807) is 6.08 Å². The van der Waals surface area contributed by atoms with Crippen LogP contribution in [0.5, 0.6) is 0 Å². The molecule has 2 aliphatic rings. The first-order valence-electron chi connectivity index (χ1n) is 4.36. The zero-order valence-electron chi connectivity index (χ0n) is 7.61. The molecule has 74 valence electrons. The Morgan fingerprint density at radius 1 is 1.31 bits per heavy atom. The highest BCUT2D eigenvalue weighted by atomic mass is 79.9. The normalized spacial score (nSPS) is 47.7. The van der Waals surface area contributed by atoms with Crippen LogP contribution in [-0.4, -0.2) is 34.0 Å². The predicted molar refractivity (Wildman–Crippen MR) is 51.7 cm³/mol. The van der Waals surface area contributed by atoms with Gasteiger partial charge in [0.25, 0.3) is 0 Å². The smallest absolute Gasteiger partial charge is 0.164 e. The minimum atomic E-state index is -0.546. The number of alkyl halides is 1. The molecule has 1 aliphatic carbocycles. The minimum absolute atomic E-state index is 0.0391. The number of hydrogen-bond acceptors (Lipinski definition) is 3. The van der Waals surface area contributed by atoms with E-state index in [9.17, 15) is 5.11 Å². The summed E-state index contributed by atoms with van der Waals surface area (Å²) in [6, 6.07) is 0. The zero-order valence-corrected chi connectivity index (χ0v) is 9.19. The molecule has 0 aromatic rings. The molecule has 0 aromatic heterocycles. The van der Waals surface area contributed by atoms with Crippen molar-refractivity contribution in [1.29, 1.82) is 0 Å². The lowest BCUT2D eigenvalue weighted by molar-refractivity contribution is -0.143. The molecule has 0 radical (unpaired) electrons. The fourth-order valence-corrected chi connectivity index (χ4v) is 2.32. The summed E-state index contributed by atoms with van der Waals surface area (Å²) in [4.78, 5) is -0.0794. The molecule has 0 spiro atoms. The van der Waals surface area contributed by atoms with Crippen LogP contribution in [0.4, 0.5) is 0 Å². The Morgan fingerprint density at radius 3 is 2.69 bits per heavy atom. The fourth-order valence-electron chi connectivity index (χ4n) is 1.74. The van der Waals surface area contributed by atoms with Crippen LogP contribution in [0.3, 0.4) is 0 Å². The topological polar surface area (TPSA) is 38.7 Å². The summed E-state index contributed by atoms with van der Waals surface area (Å²) < 4.78 is 11.3. The lowest BCUT2D eigenvalue weighted by Crippen LogP contribution is -2.41. The molecular weight excluding hydrogens is 236 g/mol. The molecule has 13 heavy (non-hydrogen) atoms. The quantitative estimate of drug-likeness (QED) is 0.518. The van der Waals surface area contributed by atoms with Crippen LogP contribution in [0.25, 0.3) is 0 Å². The van der Waals surface area contributed by atoms with Crippen LogP contribution in [-0.2, 0) is 9.47 Å². The lowest BCUT2D eigenvalue weighted by Gasteiger charge is -2.26. The Hall–Kier alpha value is 0.100. The number of ether oxygens (including phenoxy) is 2. The summed E-state index contributed by atoms with van der Waals surface area (Å²) in [5.74, 6) is -0.546. The Kier molecular flexibility index (Phi) is 2.27. The summed E-state index contributed by atoms with van der Waals surface area (Å²) in [6.07, 6.45) is 2.99. The largest absolute Gasteiger partial charge is 0.388 e. The van der Waals surface area contributed by atoms with Crippen molar-refractivity contribution >= 4 is 15.9 Å². The maximum atomic E-state index is 9.53. The lowest BCUT2D eigenvalue weighted by atomic mass is 10.00. The molecule has 1 aliphatic heterocycles. The van der Waals surface area contributed by atoms with Crippen molar-refractivity contribution in [2.75, 3.05) is 0 Å². The van der Waals surface area contributed by atoms with Crippen LogP contribution in [0.1, 0.15) is 13.8 Å². The first kappa shape index (κ1) is 9.65. The summed E-state index contributed by atoms with van der Waals surface area (Å²) in [5.41, 5.74) is 0. The van der Waals surface area contributed by atoms with Crippen molar-refractivity contribution in [3.05, 3.63) is 12.2 Å². The predicted octanol–water partition coefficient (Wildman–Crippen LogP) is 1.20. The molecule has 2 rings (SSSR count). The van der Waals surface area contributed by atoms with Gasteiger partial charge in [-0.15, -0.1) is 0 Å². The number of hydrogen-bond donors (Lipinski definition) is 1. The van der Waals surface area contributed by atoms with Crippen LogP contribution < -0.4 is 0 Å². The van der Waals surface area contributed by atoms with Crippen LogP contribution >= 0.6 is 15.9 Å². The third-order valence-corrected chi connectivity index (χ3v) is 3.36. The monoisotopic (exact) mass is 248 g/mol. The van der Waals surface area contributed by atoms with E-state index in [2.05, 4.69) is 15.9 Å². The maximum absolute atomic E-state index is 9.53. The second kappa shape index (κ2) is 3.05. The van der Waals surface area contributed by atoms with Crippen molar-refractivity contribution in [2.24, 2.45) is 0 Å². The number of rotatable bonds is 0. The highest BCUT2D eigenvalue weighted by Crippen LogP contribution is 2.36. The molecule has 1 heterocycles. The maximum Gasteiger partial charge on any atom is 0.164 e. The molecule has 4 atom stereocenters. The summed E-state index contributed by atoms with van der Waals surface area (Å²) in [6.45, 7) is 3.76. The highest BCUT2D eigenvalue weighted by Gasteiger charge is 2.46. The third kappa shape index (κ3) is 1.68. The summed E-state index contributed by atoms with van der Waals surface area (Å²) in [7, 11) is 0. The van der Waals surface area contributed by atoms with Crippen molar-refractivity contribution in [3.8, 4) is 0 Å². The van der Waals surface area contributed by atoms with Gasteiger partial charge in [0.1, 0.15) is 12.2 Å². The van der Waals surface area contributed by atoms with Crippen molar-refractivity contribution < 1.29 is 14.6 Å². The van der Waals surface area contributed by atoms with Crippen molar-refractivity contribution in [3.63, 3.8) is 0 Å². The first-order chi connectivity index (χ1) is 5.99. The third-order valence-electron chi connectivity index (χ3n) is 2.30. The van der Waals surface area contributed by atoms with E-state index in [1.165, 1.54) is 0 Å². The standard InChI is InChI=1S/C9H13BrO3/c1-9(2)12-6-4-3-5(11)7(10)8(6)13-9/h3-8,11H,1-2H3/t5-,6+,7+,8+/m0/s1. The average Bonchev–Trinajstić information content (AvgIpc) is 2.34. The van der Waals surface area contributed by atoms with Gasteiger partial charge < -0.3 is 14.6 Å². The van der Waals surface area contributed by atoms with Gasteiger partial charge in [0.15, 0.2) is 5.79 Å². The van der Waals surface area contributed by atoms with E-state index >= 15 is 0 Å². The minimum Gasteiger partial charge on any atom is -0.388 e. The number of aliphatic hydroxyl groups is 1. The van der Waals surface area contributed by atoms with E-state index < -0.39 is 11.9 Å². The van der Waals surface area contributed by atoms with Crippen molar-refractivity contribution in [2.45, 2.75) is 42.8 Å². The van der Waals surface area contributed by atoms with Gasteiger partial charge >= 0.3 is 0 Å². The molecule has 0 unspecified atom stereocenters. The molecule has 3 nitrogen and oxygen atoms in total. The molecule has 0 saturated carbocycles. The fraction of sp³-hybridized carbons (Fsp3) is 0.778. The molecular formula is C9H13BrO3. The van der Waals surface area contributed by atoms with Gasteiger partial charge in [-0.25, -0.2) is 0 Å². The molecule has 0 bridgehead atoms. The molecule has 4 heteroatoms. The van der Waals surface area contributed by atoms with Gasteiger partial charge in [-0.1, -0.05) is 28.1 Å². The molecule has 0 aromatic carbocycles. The van der Waals surface area contributed by atoms with Crippen LogP contribution in [0.15, 0.2) is 12.2 Å². The number of fused-ring (bicyclic) bond motifs is 1. The second-order valence-electron chi connectivity index (χ2n) is 3.88. The Labute approximate surface area is 85.8 Å². The van der Waals surface area contributed by atoms with Gasteiger partial charge in [-0.2, -0.15) is 0 Å². The first-order valence-corrected chi connectivity index (χ1v) is 5.27. The summed E-state index contributed by atoms with van der Waals surface area (Å²) >= 11 is 3.41. The molecule has 1 N–H and O–H groups in total. The Bertz CT molecular complexity index is 239. The van der Waals surface area contributed by atoms with E-state index in [-0.39, 0.29) is 17.0 Å². The Balaban J connectivity index is 2.19. The summed E-state index contributed by atoms with van der Waals surface area (Å²) in [5, 5.41) is 9.53. The van der Waals surface area contributed by atoms with Gasteiger partial charge in [-0.05, 0) is 13.8 Å². The molecule has 1 fully saturated rings. The zero-order chi connectivity index (χ0) is 9.64. The Morgan fingerprint density at radius 2 is 2.00 bits per heavy atom. The van der Waals surface area contributed by atoms with Crippen LogP contribution in [0, 0.1) is 0 Å². The average molecular weight is 249 g/mol. The van der Waals surface area contributed by atoms with Gasteiger partial charge in [0, 0.05) is 0 Å². The molecule has 1 saturated heterocycles. The van der Waals surface area contributed by atoms with Gasteiger partial charge in [0.2, 0.25) is 0 Å². The number of halogens is 1. The van der Waals surface area contributed by atoms with E-state index in [4.69, 9.17) is 9.47 Å². The van der Waals surface area contributed by atoms with Crippen LogP contribution in [0.2, 0.25) is 0 Å².